The lowest BCUT2D eigenvalue weighted by atomic mass is 9.93. The summed E-state index contributed by atoms with van der Waals surface area (Å²) in [6.45, 7) is 5.22. The number of nitrogens with zero attached hydrogens (tertiary/aromatic N) is 2. The molecule has 4 rings (SSSR count). The monoisotopic (exact) mass is 340 g/mol. The Hall–Kier alpha value is -2.87. The van der Waals surface area contributed by atoms with Gasteiger partial charge in [0.05, 0.1) is 12.4 Å². The van der Waals surface area contributed by atoms with Crippen LogP contribution in [0.5, 0.6) is 0 Å². The van der Waals surface area contributed by atoms with Crippen molar-refractivity contribution < 1.29 is 0 Å². The predicted octanol–water partition coefficient (Wildman–Crippen LogP) is 5.63. The van der Waals surface area contributed by atoms with Crippen LogP contribution in [0.25, 0.3) is 0 Å². The molecule has 2 atom stereocenters. The van der Waals surface area contributed by atoms with Gasteiger partial charge in [0.15, 0.2) is 0 Å². The Balaban J connectivity index is 1.70. The third-order valence-corrected chi connectivity index (χ3v) is 5.17. The fraction of sp³-hybridized carbons (Fsp3) is 0.208. The lowest BCUT2D eigenvalue weighted by Gasteiger charge is -2.29. The highest BCUT2D eigenvalue weighted by Gasteiger charge is 2.33. The summed E-state index contributed by atoms with van der Waals surface area (Å²) in [5.41, 5.74) is 6.58. The molecule has 0 spiro atoms. The molecule has 0 fully saturated rings. The molecule has 0 radical (unpaired) electrons. The van der Waals surface area contributed by atoms with E-state index in [4.69, 9.17) is 4.99 Å². The van der Waals surface area contributed by atoms with Crippen molar-refractivity contribution in [1.29, 1.82) is 0 Å². The van der Waals surface area contributed by atoms with E-state index >= 15 is 0 Å². The average Bonchev–Trinajstić information content (AvgIpc) is 3.10. The molecule has 26 heavy (non-hydrogen) atoms. The lowest BCUT2D eigenvalue weighted by molar-refractivity contribution is 0.310. The molecular formula is C24H24N2. The summed E-state index contributed by atoms with van der Waals surface area (Å²) in [4.78, 5) is 7.28. The molecule has 0 unspecified atom stereocenters. The van der Waals surface area contributed by atoms with E-state index in [2.05, 4.69) is 97.6 Å². The predicted molar refractivity (Wildman–Crippen MR) is 108 cm³/mol. The molecule has 0 N–H and O–H groups in total. The van der Waals surface area contributed by atoms with E-state index in [0.29, 0.717) is 0 Å². The zero-order chi connectivity index (χ0) is 17.9. The maximum Gasteiger partial charge on any atom is 0.101 e. The molecule has 1 heterocycles. The highest BCUT2D eigenvalue weighted by molar-refractivity contribution is 5.61. The van der Waals surface area contributed by atoms with Crippen LogP contribution in [0.4, 0.5) is 0 Å². The number of aryl methyl sites for hydroxylation is 2. The minimum atomic E-state index is 0.128. The normalized spacial score (nSPS) is 19.1. The minimum absolute atomic E-state index is 0.128. The van der Waals surface area contributed by atoms with Gasteiger partial charge in [-0.2, -0.15) is 0 Å². The summed E-state index contributed by atoms with van der Waals surface area (Å²) in [5.74, 6) is 0. The second-order valence-electron chi connectivity index (χ2n) is 7.08. The second-order valence-corrected chi connectivity index (χ2v) is 7.08. The van der Waals surface area contributed by atoms with Crippen LogP contribution in [0.2, 0.25) is 0 Å². The molecule has 0 saturated heterocycles. The van der Waals surface area contributed by atoms with Gasteiger partial charge in [-0.1, -0.05) is 84.4 Å². The molecule has 0 aromatic heterocycles. The van der Waals surface area contributed by atoms with E-state index in [0.717, 1.165) is 6.54 Å². The summed E-state index contributed by atoms with van der Waals surface area (Å²) >= 11 is 0. The molecule has 0 bridgehead atoms. The Labute approximate surface area is 155 Å². The topological polar surface area (TPSA) is 15.6 Å². The summed E-state index contributed by atoms with van der Waals surface area (Å²) in [7, 11) is 0. The van der Waals surface area contributed by atoms with Gasteiger partial charge in [-0.3, -0.25) is 4.99 Å². The Bertz CT molecular complexity index is 900. The van der Waals surface area contributed by atoms with Gasteiger partial charge < -0.3 is 4.90 Å². The Morgan fingerprint density at radius 1 is 0.808 bits per heavy atom. The SMILES string of the molecule is Cc1ccc(C)c(CN2C=N[C@@H](c3ccccc3)[C@H]2c2ccccc2)c1. The van der Waals surface area contributed by atoms with Crippen molar-refractivity contribution in [2.45, 2.75) is 32.5 Å². The van der Waals surface area contributed by atoms with E-state index in [1.54, 1.807) is 0 Å². The van der Waals surface area contributed by atoms with Crippen molar-refractivity contribution in [3.63, 3.8) is 0 Å². The molecule has 3 aromatic rings. The molecule has 1 aliphatic rings. The zero-order valence-electron chi connectivity index (χ0n) is 15.3. The Morgan fingerprint density at radius 2 is 1.46 bits per heavy atom. The fourth-order valence-electron chi connectivity index (χ4n) is 3.74. The molecule has 0 saturated carbocycles. The van der Waals surface area contributed by atoms with Gasteiger partial charge in [0.2, 0.25) is 0 Å². The van der Waals surface area contributed by atoms with Crippen molar-refractivity contribution in [1.82, 2.24) is 4.90 Å². The van der Waals surface area contributed by atoms with E-state index in [9.17, 15) is 0 Å². The lowest BCUT2D eigenvalue weighted by Crippen LogP contribution is -2.26. The molecule has 130 valence electrons. The summed E-state index contributed by atoms with van der Waals surface area (Å²) in [6.07, 6.45) is 2.04. The molecular weight excluding hydrogens is 316 g/mol. The maximum atomic E-state index is 4.89. The first-order valence-corrected chi connectivity index (χ1v) is 9.17. The average molecular weight is 340 g/mol. The first kappa shape index (κ1) is 16.6. The van der Waals surface area contributed by atoms with E-state index in [1.165, 1.54) is 27.8 Å². The molecule has 0 aliphatic carbocycles. The van der Waals surface area contributed by atoms with Crippen molar-refractivity contribution in [3.05, 3.63) is 107 Å². The van der Waals surface area contributed by atoms with Crippen LogP contribution in [0.3, 0.4) is 0 Å². The highest BCUT2D eigenvalue weighted by Crippen LogP contribution is 2.40. The third kappa shape index (κ3) is 3.28. The standard InChI is InChI=1S/C24H24N2/c1-18-13-14-19(2)22(15-18)16-26-17-25-23(20-9-5-3-6-10-20)24(26)21-11-7-4-8-12-21/h3-15,17,23-24H,16H2,1-2H3/t23-,24+/m0/s1. The fourth-order valence-corrected chi connectivity index (χ4v) is 3.74. The van der Waals surface area contributed by atoms with Gasteiger partial charge in [0.25, 0.3) is 0 Å². The third-order valence-electron chi connectivity index (χ3n) is 5.17. The van der Waals surface area contributed by atoms with Crippen LogP contribution < -0.4 is 0 Å². The van der Waals surface area contributed by atoms with Crippen molar-refractivity contribution in [3.8, 4) is 0 Å². The van der Waals surface area contributed by atoms with Crippen LogP contribution >= 0.6 is 0 Å². The highest BCUT2D eigenvalue weighted by atomic mass is 15.2. The Morgan fingerprint density at radius 3 is 2.15 bits per heavy atom. The largest absolute Gasteiger partial charge is 0.349 e. The van der Waals surface area contributed by atoms with Crippen LogP contribution in [0.1, 0.15) is 39.9 Å². The summed E-state index contributed by atoms with van der Waals surface area (Å²) < 4.78 is 0. The quantitative estimate of drug-likeness (QED) is 0.601. The second kappa shape index (κ2) is 7.17. The maximum absolute atomic E-state index is 4.89. The van der Waals surface area contributed by atoms with Gasteiger partial charge in [0, 0.05) is 6.54 Å². The molecule has 2 heteroatoms. The van der Waals surface area contributed by atoms with E-state index in [1.807, 2.05) is 6.34 Å². The van der Waals surface area contributed by atoms with Gasteiger partial charge >= 0.3 is 0 Å². The molecule has 1 aliphatic heterocycles. The summed E-state index contributed by atoms with van der Waals surface area (Å²) in [6, 6.07) is 28.4. The van der Waals surface area contributed by atoms with Gasteiger partial charge in [0.1, 0.15) is 6.04 Å². The number of hydrogen-bond acceptors (Lipinski definition) is 2. The van der Waals surface area contributed by atoms with Crippen molar-refractivity contribution in [2.24, 2.45) is 4.99 Å². The van der Waals surface area contributed by atoms with Crippen LogP contribution in [-0.4, -0.2) is 11.2 Å². The molecule has 0 amide bonds. The zero-order valence-corrected chi connectivity index (χ0v) is 15.3. The van der Waals surface area contributed by atoms with Gasteiger partial charge in [-0.05, 0) is 36.1 Å². The smallest absolute Gasteiger partial charge is 0.101 e. The number of benzene rings is 3. The minimum Gasteiger partial charge on any atom is -0.349 e. The molecule has 2 nitrogen and oxygen atoms in total. The van der Waals surface area contributed by atoms with Crippen molar-refractivity contribution >= 4 is 6.34 Å². The van der Waals surface area contributed by atoms with E-state index < -0.39 is 0 Å². The van der Waals surface area contributed by atoms with Crippen LogP contribution in [0, 0.1) is 13.8 Å². The number of aliphatic imine (C=N–C) groups is 1. The van der Waals surface area contributed by atoms with Crippen LogP contribution in [-0.2, 0) is 6.54 Å². The summed E-state index contributed by atoms with van der Waals surface area (Å²) in [5, 5.41) is 0. The van der Waals surface area contributed by atoms with E-state index in [-0.39, 0.29) is 12.1 Å². The first-order chi connectivity index (χ1) is 12.7. The first-order valence-electron chi connectivity index (χ1n) is 9.17. The number of hydrogen-bond donors (Lipinski definition) is 0. The van der Waals surface area contributed by atoms with Crippen LogP contribution in [0.15, 0.2) is 83.9 Å². The van der Waals surface area contributed by atoms with Gasteiger partial charge in [-0.25, -0.2) is 0 Å². The molecule has 3 aromatic carbocycles. The Kier molecular flexibility index (Phi) is 4.57. The van der Waals surface area contributed by atoms with Crippen molar-refractivity contribution in [2.75, 3.05) is 0 Å². The van der Waals surface area contributed by atoms with Gasteiger partial charge in [-0.15, -0.1) is 0 Å². The number of rotatable bonds is 4.